The molecule has 2 rings (SSSR count). The highest BCUT2D eigenvalue weighted by Crippen LogP contribution is 2.20. The van der Waals surface area contributed by atoms with Crippen molar-refractivity contribution < 1.29 is 9.53 Å². The average molecular weight is 250 g/mol. The molecule has 1 amide bonds. The van der Waals surface area contributed by atoms with Gasteiger partial charge in [0.15, 0.2) is 0 Å². The Morgan fingerprint density at radius 3 is 2.94 bits per heavy atom. The van der Waals surface area contributed by atoms with Crippen molar-refractivity contribution in [1.82, 2.24) is 10.3 Å². The van der Waals surface area contributed by atoms with E-state index in [1.54, 1.807) is 6.07 Å². The first-order valence-corrected chi connectivity index (χ1v) is 6.34. The van der Waals surface area contributed by atoms with Crippen molar-refractivity contribution in [3.8, 4) is 0 Å². The van der Waals surface area contributed by atoms with Crippen LogP contribution in [0.4, 0.5) is 0 Å². The van der Waals surface area contributed by atoms with Crippen LogP contribution in [0.3, 0.4) is 0 Å². The maximum Gasteiger partial charge on any atom is 0.251 e. The van der Waals surface area contributed by atoms with E-state index in [-0.39, 0.29) is 11.5 Å². The number of pyridine rings is 1. The zero-order chi connectivity index (χ0) is 12.8. The lowest BCUT2D eigenvalue weighted by atomic mass is 10.2. The summed E-state index contributed by atoms with van der Waals surface area (Å²) in [6.45, 7) is 1.00. The summed E-state index contributed by atoms with van der Waals surface area (Å²) in [5.41, 5.74) is 0.101. The molecule has 1 aliphatic carbocycles. The number of aromatic nitrogens is 1. The van der Waals surface area contributed by atoms with Crippen molar-refractivity contribution in [2.75, 3.05) is 13.2 Å². The SMILES string of the molecule is O=C(NCCOC1CCCC1)c1cc[nH]c(=O)c1. The third-order valence-corrected chi connectivity index (χ3v) is 3.08. The first-order valence-electron chi connectivity index (χ1n) is 6.34. The number of nitrogens with one attached hydrogen (secondary N) is 2. The number of carbonyl (C=O) groups is 1. The molecule has 0 spiro atoms. The number of carbonyl (C=O) groups excluding carboxylic acids is 1. The van der Waals surface area contributed by atoms with Gasteiger partial charge in [-0.2, -0.15) is 0 Å². The van der Waals surface area contributed by atoms with Gasteiger partial charge in [0.1, 0.15) is 0 Å². The Bertz CT molecular complexity index is 450. The molecule has 1 heterocycles. The molecule has 0 aliphatic heterocycles. The number of aromatic amines is 1. The second-order valence-electron chi connectivity index (χ2n) is 4.47. The van der Waals surface area contributed by atoms with Crippen LogP contribution < -0.4 is 10.9 Å². The van der Waals surface area contributed by atoms with Crippen molar-refractivity contribution in [3.63, 3.8) is 0 Å². The van der Waals surface area contributed by atoms with E-state index in [9.17, 15) is 9.59 Å². The monoisotopic (exact) mass is 250 g/mol. The minimum absolute atomic E-state index is 0.240. The summed E-state index contributed by atoms with van der Waals surface area (Å²) in [5, 5.41) is 2.73. The normalized spacial score (nSPS) is 15.8. The molecule has 0 bridgehead atoms. The molecule has 1 saturated carbocycles. The van der Waals surface area contributed by atoms with E-state index in [1.807, 2.05) is 0 Å². The Balaban J connectivity index is 1.70. The first-order chi connectivity index (χ1) is 8.75. The van der Waals surface area contributed by atoms with Gasteiger partial charge in [0, 0.05) is 24.4 Å². The van der Waals surface area contributed by atoms with Crippen LogP contribution in [0.1, 0.15) is 36.0 Å². The molecular weight excluding hydrogens is 232 g/mol. The Morgan fingerprint density at radius 1 is 1.44 bits per heavy atom. The van der Waals surface area contributed by atoms with Crippen molar-refractivity contribution in [3.05, 3.63) is 34.2 Å². The number of H-pyrrole nitrogens is 1. The highest BCUT2D eigenvalue weighted by Gasteiger charge is 2.14. The zero-order valence-electron chi connectivity index (χ0n) is 10.3. The molecule has 0 atom stereocenters. The predicted molar refractivity (Wildman–Crippen MR) is 67.6 cm³/mol. The standard InChI is InChI=1S/C13H18N2O3/c16-12-9-10(5-6-14-12)13(17)15-7-8-18-11-3-1-2-4-11/h5-6,9,11H,1-4,7-8H2,(H,14,16)(H,15,17). The van der Waals surface area contributed by atoms with Gasteiger partial charge in [-0.15, -0.1) is 0 Å². The molecule has 0 aromatic carbocycles. The molecule has 18 heavy (non-hydrogen) atoms. The van der Waals surface area contributed by atoms with Crippen LogP contribution in [0.2, 0.25) is 0 Å². The lowest BCUT2D eigenvalue weighted by Gasteiger charge is -2.11. The molecule has 1 fully saturated rings. The fourth-order valence-corrected chi connectivity index (χ4v) is 2.13. The molecule has 1 aromatic heterocycles. The van der Waals surface area contributed by atoms with Crippen LogP contribution in [-0.2, 0) is 4.74 Å². The van der Waals surface area contributed by atoms with E-state index >= 15 is 0 Å². The summed E-state index contributed by atoms with van der Waals surface area (Å²) in [6, 6.07) is 2.86. The number of hydrogen-bond acceptors (Lipinski definition) is 3. The molecule has 98 valence electrons. The van der Waals surface area contributed by atoms with E-state index in [0.29, 0.717) is 24.8 Å². The molecule has 5 nitrogen and oxygen atoms in total. The van der Waals surface area contributed by atoms with Crippen LogP contribution in [-0.4, -0.2) is 30.1 Å². The molecule has 0 unspecified atom stereocenters. The van der Waals surface area contributed by atoms with Gasteiger partial charge >= 0.3 is 0 Å². The number of hydrogen-bond donors (Lipinski definition) is 2. The van der Waals surface area contributed by atoms with Crippen molar-refractivity contribution in [2.45, 2.75) is 31.8 Å². The average Bonchev–Trinajstić information content (AvgIpc) is 2.87. The third-order valence-electron chi connectivity index (χ3n) is 3.08. The lowest BCUT2D eigenvalue weighted by molar-refractivity contribution is 0.0582. The van der Waals surface area contributed by atoms with Gasteiger partial charge in [0.05, 0.1) is 12.7 Å². The van der Waals surface area contributed by atoms with Crippen LogP contribution in [0.15, 0.2) is 23.1 Å². The minimum Gasteiger partial charge on any atom is -0.376 e. The van der Waals surface area contributed by atoms with E-state index in [4.69, 9.17) is 4.74 Å². The maximum absolute atomic E-state index is 11.7. The Kier molecular flexibility index (Phi) is 4.52. The molecule has 5 heteroatoms. The summed E-state index contributed by atoms with van der Waals surface area (Å²) >= 11 is 0. The van der Waals surface area contributed by atoms with Gasteiger partial charge in [-0.3, -0.25) is 9.59 Å². The van der Waals surface area contributed by atoms with Gasteiger partial charge in [0.25, 0.3) is 5.91 Å². The largest absolute Gasteiger partial charge is 0.376 e. The van der Waals surface area contributed by atoms with E-state index in [2.05, 4.69) is 10.3 Å². The van der Waals surface area contributed by atoms with E-state index in [0.717, 1.165) is 12.8 Å². The number of rotatable bonds is 5. The van der Waals surface area contributed by atoms with Crippen molar-refractivity contribution in [2.24, 2.45) is 0 Å². The summed E-state index contributed by atoms with van der Waals surface area (Å²) in [4.78, 5) is 25.2. The predicted octanol–water partition coefficient (Wildman–Crippen LogP) is 1.06. The topological polar surface area (TPSA) is 71.2 Å². The Labute approximate surface area is 106 Å². The van der Waals surface area contributed by atoms with Gasteiger partial charge in [-0.25, -0.2) is 0 Å². The second kappa shape index (κ2) is 6.35. The van der Waals surface area contributed by atoms with Crippen LogP contribution in [0.5, 0.6) is 0 Å². The summed E-state index contributed by atoms with van der Waals surface area (Å²) in [7, 11) is 0. The molecular formula is C13H18N2O3. The van der Waals surface area contributed by atoms with E-state index in [1.165, 1.54) is 25.1 Å². The molecule has 1 aliphatic rings. The molecule has 1 aromatic rings. The highest BCUT2D eigenvalue weighted by molar-refractivity contribution is 5.93. The van der Waals surface area contributed by atoms with Crippen molar-refractivity contribution in [1.29, 1.82) is 0 Å². The van der Waals surface area contributed by atoms with Crippen LogP contribution in [0.25, 0.3) is 0 Å². The molecule has 0 radical (unpaired) electrons. The fourth-order valence-electron chi connectivity index (χ4n) is 2.13. The first kappa shape index (κ1) is 12.8. The fraction of sp³-hybridized carbons (Fsp3) is 0.538. The molecule has 2 N–H and O–H groups in total. The van der Waals surface area contributed by atoms with E-state index < -0.39 is 0 Å². The lowest BCUT2D eigenvalue weighted by Crippen LogP contribution is -2.29. The quantitative estimate of drug-likeness (QED) is 0.768. The summed E-state index contributed by atoms with van der Waals surface area (Å²) in [5.74, 6) is -0.240. The Hall–Kier alpha value is -1.62. The third kappa shape index (κ3) is 3.70. The maximum atomic E-state index is 11.7. The van der Waals surface area contributed by atoms with Gasteiger partial charge < -0.3 is 15.0 Å². The van der Waals surface area contributed by atoms with Gasteiger partial charge in [-0.05, 0) is 18.9 Å². The van der Waals surface area contributed by atoms with Gasteiger partial charge in [-0.1, -0.05) is 12.8 Å². The Morgan fingerprint density at radius 2 is 2.22 bits per heavy atom. The summed E-state index contributed by atoms with van der Waals surface area (Å²) in [6.07, 6.45) is 6.56. The molecule has 0 saturated heterocycles. The summed E-state index contributed by atoms with van der Waals surface area (Å²) < 4.78 is 5.63. The van der Waals surface area contributed by atoms with Crippen molar-refractivity contribution >= 4 is 5.91 Å². The van der Waals surface area contributed by atoms with Crippen LogP contribution in [0, 0.1) is 0 Å². The number of amides is 1. The number of ether oxygens (including phenoxy) is 1. The van der Waals surface area contributed by atoms with Crippen LogP contribution >= 0.6 is 0 Å². The minimum atomic E-state index is -0.273. The highest BCUT2D eigenvalue weighted by atomic mass is 16.5. The smallest absolute Gasteiger partial charge is 0.251 e. The second-order valence-corrected chi connectivity index (χ2v) is 4.47. The van der Waals surface area contributed by atoms with Gasteiger partial charge in [0.2, 0.25) is 5.56 Å². The zero-order valence-corrected chi connectivity index (χ0v) is 10.3.